The first-order valence-corrected chi connectivity index (χ1v) is 7.23. The highest BCUT2D eigenvalue weighted by atomic mass is 32.2. The molecule has 1 atom stereocenters. The highest BCUT2D eigenvalue weighted by Gasteiger charge is 2.35. The third kappa shape index (κ3) is 3.50. The van der Waals surface area contributed by atoms with E-state index in [2.05, 4.69) is 0 Å². The number of hydrogen-bond acceptors (Lipinski definition) is 3. The second kappa shape index (κ2) is 5.71. The predicted octanol–water partition coefficient (Wildman–Crippen LogP) is 2.02. The van der Waals surface area contributed by atoms with Gasteiger partial charge < -0.3 is 5.11 Å². The summed E-state index contributed by atoms with van der Waals surface area (Å²) in [4.78, 5) is -0.407. The molecular weight excluding hydrogens is 295 g/mol. The molecule has 1 aromatic rings. The van der Waals surface area contributed by atoms with Crippen molar-refractivity contribution in [3.05, 3.63) is 29.3 Å². The van der Waals surface area contributed by atoms with Crippen molar-refractivity contribution in [3.8, 4) is 0 Å². The van der Waals surface area contributed by atoms with Gasteiger partial charge in [-0.1, -0.05) is 6.07 Å². The van der Waals surface area contributed by atoms with Gasteiger partial charge in [-0.3, -0.25) is 0 Å². The topological polar surface area (TPSA) is 57.6 Å². The van der Waals surface area contributed by atoms with Gasteiger partial charge in [0.15, 0.2) is 0 Å². The molecule has 1 N–H and O–H groups in total. The van der Waals surface area contributed by atoms with Crippen LogP contribution in [0.5, 0.6) is 0 Å². The molecule has 0 saturated carbocycles. The highest BCUT2D eigenvalue weighted by Crippen LogP contribution is 2.34. The summed E-state index contributed by atoms with van der Waals surface area (Å²) in [7, 11) is -2.86. The van der Waals surface area contributed by atoms with Crippen molar-refractivity contribution in [2.24, 2.45) is 0 Å². The van der Waals surface area contributed by atoms with Gasteiger partial charge in [0.1, 0.15) is 0 Å². The number of nitrogens with zero attached hydrogens (tertiary/aromatic N) is 1. The standard InChI is InChI=1S/C12H16F3NO3S/c1-8(17)7-16(3)20(18,19)11-6-4-5-10(9(11)2)12(13,14)15/h4-6,8,17H,7H2,1-3H3. The Balaban J connectivity index is 3.34. The molecule has 0 heterocycles. The minimum atomic E-state index is -4.61. The largest absolute Gasteiger partial charge is 0.416 e. The summed E-state index contributed by atoms with van der Waals surface area (Å²) in [5, 5.41) is 9.20. The molecule has 0 aliphatic rings. The number of sulfonamides is 1. The third-order valence-corrected chi connectivity index (χ3v) is 4.77. The van der Waals surface area contributed by atoms with Crippen molar-refractivity contribution in [2.75, 3.05) is 13.6 Å². The lowest BCUT2D eigenvalue weighted by Gasteiger charge is -2.21. The van der Waals surface area contributed by atoms with E-state index in [1.807, 2.05) is 0 Å². The molecule has 0 spiro atoms. The minimum Gasteiger partial charge on any atom is -0.392 e. The monoisotopic (exact) mass is 311 g/mol. The van der Waals surface area contributed by atoms with Gasteiger partial charge in [0.2, 0.25) is 10.0 Å². The molecule has 4 nitrogen and oxygen atoms in total. The number of aliphatic hydroxyl groups excluding tert-OH is 1. The molecule has 0 aromatic heterocycles. The van der Waals surface area contributed by atoms with E-state index in [9.17, 15) is 26.7 Å². The molecule has 0 amide bonds. The molecule has 0 aliphatic heterocycles. The van der Waals surface area contributed by atoms with Gasteiger partial charge in [-0.25, -0.2) is 8.42 Å². The normalized spacial score (nSPS) is 14.6. The Hall–Kier alpha value is -1.12. The Kier molecular flexibility index (Phi) is 4.83. The van der Waals surface area contributed by atoms with Crippen LogP contribution in [-0.2, 0) is 16.2 Å². The summed E-state index contributed by atoms with van der Waals surface area (Å²) in [5.74, 6) is 0. The Morgan fingerprint density at radius 2 is 1.90 bits per heavy atom. The van der Waals surface area contributed by atoms with Crippen molar-refractivity contribution < 1.29 is 26.7 Å². The Morgan fingerprint density at radius 1 is 1.35 bits per heavy atom. The van der Waals surface area contributed by atoms with Crippen LogP contribution in [0, 0.1) is 6.92 Å². The van der Waals surface area contributed by atoms with Gasteiger partial charge in [-0.2, -0.15) is 17.5 Å². The number of likely N-dealkylation sites (N-methyl/N-ethyl adjacent to an activating group) is 1. The van der Waals surface area contributed by atoms with Crippen LogP contribution >= 0.6 is 0 Å². The van der Waals surface area contributed by atoms with E-state index in [4.69, 9.17) is 0 Å². The fraction of sp³-hybridized carbons (Fsp3) is 0.500. The number of benzene rings is 1. The maximum absolute atomic E-state index is 12.8. The summed E-state index contributed by atoms with van der Waals surface area (Å²) < 4.78 is 63.6. The van der Waals surface area contributed by atoms with Gasteiger partial charge in [0, 0.05) is 13.6 Å². The molecule has 8 heteroatoms. The van der Waals surface area contributed by atoms with Crippen molar-refractivity contribution in [3.63, 3.8) is 0 Å². The number of halogens is 3. The molecule has 0 radical (unpaired) electrons. The zero-order valence-corrected chi connectivity index (χ0v) is 12.1. The van der Waals surface area contributed by atoms with Crippen molar-refractivity contribution in [2.45, 2.75) is 31.0 Å². The lowest BCUT2D eigenvalue weighted by Crippen LogP contribution is -2.33. The summed E-state index contributed by atoms with van der Waals surface area (Å²) in [6.07, 6.45) is -5.53. The Labute approximate surface area is 115 Å². The van der Waals surface area contributed by atoms with Crippen LogP contribution in [0.15, 0.2) is 23.1 Å². The smallest absolute Gasteiger partial charge is 0.392 e. The minimum absolute atomic E-state index is 0.196. The van der Waals surface area contributed by atoms with E-state index >= 15 is 0 Å². The second-order valence-electron chi connectivity index (χ2n) is 4.56. The van der Waals surface area contributed by atoms with Crippen molar-refractivity contribution in [1.82, 2.24) is 4.31 Å². The van der Waals surface area contributed by atoms with Crippen LogP contribution in [0.2, 0.25) is 0 Å². The number of rotatable bonds is 4. The Morgan fingerprint density at radius 3 is 2.35 bits per heavy atom. The van der Waals surface area contributed by atoms with Crippen LogP contribution in [0.3, 0.4) is 0 Å². The molecule has 0 saturated heterocycles. The van der Waals surface area contributed by atoms with Gasteiger partial charge in [-0.15, -0.1) is 0 Å². The van der Waals surface area contributed by atoms with E-state index in [1.54, 1.807) is 0 Å². The lowest BCUT2D eigenvalue weighted by atomic mass is 10.1. The average molecular weight is 311 g/mol. The van der Waals surface area contributed by atoms with E-state index in [-0.39, 0.29) is 12.1 Å². The maximum atomic E-state index is 12.8. The molecule has 1 rings (SSSR count). The summed E-state index contributed by atoms with van der Waals surface area (Å²) >= 11 is 0. The van der Waals surface area contributed by atoms with Gasteiger partial charge in [0.25, 0.3) is 0 Å². The van der Waals surface area contributed by atoms with Crippen LogP contribution in [0.25, 0.3) is 0 Å². The van der Waals surface area contributed by atoms with E-state index in [1.165, 1.54) is 14.0 Å². The first kappa shape index (κ1) is 16.9. The van der Waals surface area contributed by atoms with Crippen LogP contribution in [-0.4, -0.2) is 37.5 Å². The first-order valence-electron chi connectivity index (χ1n) is 5.79. The SMILES string of the molecule is Cc1c(C(F)(F)F)cccc1S(=O)(=O)N(C)CC(C)O. The number of hydrogen-bond donors (Lipinski definition) is 1. The van der Waals surface area contributed by atoms with E-state index in [0.29, 0.717) is 0 Å². The molecule has 20 heavy (non-hydrogen) atoms. The van der Waals surface area contributed by atoms with Crippen LogP contribution in [0.1, 0.15) is 18.1 Å². The molecule has 114 valence electrons. The molecule has 1 unspecified atom stereocenters. The third-order valence-electron chi connectivity index (χ3n) is 2.80. The second-order valence-corrected chi connectivity index (χ2v) is 6.57. The van der Waals surface area contributed by atoms with Crippen molar-refractivity contribution >= 4 is 10.0 Å². The van der Waals surface area contributed by atoms with E-state index in [0.717, 1.165) is 29.4 Å². The van der Waals surface area contributed by atoms with Crippen LogP contribution < -0.4 is 0 Å². The predicted molar refractivity (Wildman–Crippen MR) is 67.7 cm³/mol. The summed E-state index contributed by atoms with van der Waals surface area (Å²) in [6, 6.07) is 3.01. The zero-order valence-electron chi connectivity index (χ0n) is 11.3. The maximum Gasteiger partial charge on any atom is 0.416 e. The number of aliphatic hydroxyl groups is 1. The summed E-state index contributed by atoms with van der Waals surface area (Å²) in [6.45, 7) is 2.31. The first-order chi connectivity index (χ1) is 8.98. The molecule has 0 bridgehead atoms. The van der Waals surface area contributed by atoms with Gasteiger partial charge in [0.05, 0.1) is 16.6 Å². The summed E-state index contributed by atoms with van der Waals surface area (Å²) in [5.41, 5.74) is -1.33. The van der Waals surface area contributed by atoms with Crippen LogP contribution in [0.4, 0.5) is 13.2 Å². The highest BCUT2D eigenvalue weighted by molar-refractivity contribution is 7.89. The zero-order chi connectivity index (χ0) is 15.7. The average Bonchev–Trinajstić information content (AvgIpc) is 2.26. The molecule has 1 aromatic carbocycles. The molecular formula is C12H16F3NO3S. The Bertz CT molecular complexity index is 582. The molecule has 0 fully saturated rings. The lowest BCUT2D eigenvalue weighted by molar-refractivity contribution is -0.138. The fourth-order valence-electron chi connectivity index (χ4n) is 1.84. The quantitative estimate of drug-likeness (QED) is 0.925. The number of alkyl halides is 3. The molecule has 0 aliphatic carbocycles. The van der Waals surface area contributed by atoms with Gasteiger partial charge in [-0.05, 0) is 31.5 Å². The fourth-order valence-corrected chi connectivity index (χ4v) is 3.33. The van der Waals surface area contributed by atoms with E-state index < -0.39 is 32.8 Å². The van der Waals surface area contributed by atoms with Crippen molar-refractivity contribution in [1.29, 1.82) is 0 Å². The van der Waals surface area contributed by atoms with Gasteiger partial charge >= 0.3 is 6.18 Å².